The fourth-order valence-electron chi connectivity index (χ4n) is 3.35. The van der Waals surface area contributed by atoms with Gasteiger partial charge in [-0.05, 0) is 49.4 Å². The SMILES string of the molecule is C1=CCC(C2CC3C=CC2C3)C1. The molecule has 0 aromatic carbocycles. The van der Waals surface area contributed by atoms with Crippen molar-refractivity contribution in [2.45, 2.75) is 25.7 Å². The molecule has 2 bridgehead atoms. The van der Waals surface area contributed by atoms with Crippen LogP contribution in [0.5, 0.6) is 0 Å². The maximum atomic E-state index is 2.48. The Hall–Kier alpha value is -0.520. The van der Waals surface area contributed by atoms with Crippen molar-refractivity contribution in [3.63, 3.8) is 0 Å². The first-order valence-electron chi connectivity index (χ1n) is 5.27. The molecular formula is C12H16. The molecule has 0 aliphatic heterocycles. The molecule has 0 heterocycles. The summed E-state index contributed by atoms with van der Waals surface area (Å²) in [6, 6.07) is 0. The first-order chi connectivity index (χ1) is 5.93. The van der Waals surface area contributed by atoms with Gasteiger partial charge in [0.15, 0.2) is 0 Å². The molecule has 3 rings (SSSR count). The lowest BCUT2D eigenvalue weighted by Gasteiger charge is -2.24. The van der Waals surface area contributed by atoms with Gasteiger partial charge in [-0.3, -0.25) is 0 Å². The van der Waals surface area contributed by atoms with Crippen LogP contribution in [-0.4, -0.2) is 0 Å². The van der Waals surface area contributed by atoms with Crippen molar-refractivity contribution in [2.75, 3.05) is 0 Å². The fraction of sp³-hybridized carbons (Fsp3) is 0.667. The number of hydrogen-bond acceptors (Lipinski definition) is 0. The van der Waals surface area contributed by atoms with Crippen LogP contribution in [0, 0.1) is 23.7 Å². The highest BCUT2D eigenvalue weighted by atomic mass is 14.4. The smallest absolute Gasteiger partial charge is 0.0196 e. The highest BCUT2D eigenvalue weighted by molar-refractivity contribution is 5.13. The van der Waals surface area contributed by atoms with Crippen molar-refractivity contribution in [2.24, 2.45) is 23.7 Å². The van der Waals surface area contributed by atoms with Crippen molar-refractivity contribution >= 4 is 0 Å². The first kappa shape index (κ1) is 6.94. The Labute approximate surface area is 74.4 Å². The zero-order valence-corrected chi connectivity index (χ0v) is 7.45. The summed E-state index contributed by atoms with van der Waals surface area (Å²) in [5.41, 5.74) is 0. The molecule has 0 aromatic rings. The third-order valence-electron chi connectivity index (χ3n) is 3.98. The molecule has 1 fully saturated rings. The minimum absolute atomic E-state index is 0.958. The molecular weight excluding hydrogens is 144 g/mol. The zero-order valence-electron chi connectivity index (χ0n) is 7.45. The average Bonchev–Trinajstić information content (AvgIpc) is 2.81. The fourth-order valence-corrected chi connectivity index (χ4v) is 3.35. The van der Waals surface area contributed by atoms with Crippen LogP contribution < -0.4 is 0 Å². The lowest BCUT2D eigenvalue weighted by atomic mass is 9.81. The summed E-state index contributed by atoms with van der Waals surface area (Å²) < 4.78 is 0. The van der Waals surface area contributed by atoms with E-state index < -0.39 is 0 Å². The predicted molar refractivity (Wildman–Crippen MR) is 50.7 cm³/mol. The molecule has 0 saturated heterocycles. The quantitative estimate of drug-likeness (QED) is 0.517. The molecule has 0 spiro atoms. The molecule has 0 heteroatoms. The van der Waals surface area contributed by atoms with Crippen molar-refractivity contribution < 1.29 is 0 Å². The van der Waals surface area contributed by atoms with Crippen molar-refractivity contribution in [1.29, 1.82) is 0 Å². The standard InChI is InChI=1S/C12H16/c1-2-4-10(3-1)12-8-9-5-6-11(12)7-9/h1-2,5-6,9-12H,3-4,7-8H2. The number of fused-ring (bicyclic) bond motifs is 2. The average molecular weight is 160 g/mol. The Kier molecular flexibility index (Phi) is 1.44. The van der Waals surface area contributed by atoms with Crippen LogP contribution in [0.15, 0.2) is 24.3 Å². The topological polar surface area (TPSA) is 0 Å². The second-order valence-electron chi connectivity index (χ2n) is 4.65. The summed E-state index contributed by atoms with van der Waals surface area (Å²) in [5, 5.41) is 0. The Morgan fingerprint density at radius 3 is 2.33 bits per heavy atom. The molecule has 3 aliphatic rings. The molecule has 3 aliphatic carbocycles. The van der Waals surface area contributed by atoms with Gasteiger partial charge in [-0.15, -0.1) is 0 Å². The molecule has 3 atom stereocenters. The zero-order chi connectivity index (χ0) is 7.97. The van der Waals surface area contributed by atoms with Crippen LogP contribution in [-0.2, 0) is 0 Å². The largest absolute Gasteiger partial charge is 0.0882 e. The van der Waals surface area contributed by atoms with E-state index >= 15 is 0 Å². The second kappa shape index (κ2) is 2.48. The third-order valence-corrected chi connectivity index (χ3v) is 3.98. The summed E-state index contributed by atoms with van der Waals surface area (Å²) in [5.74, 6) is 3.96. The Morgan fingerprint density at radius 1 is 0.917 bits per heavy atom. The van der Waals surface area contributed by atoms with Gasteiger partial charge < -0.3 is 0 Å². The summed E-state index contributed by atoms with van der Waals surface area (Å²) in [6.07, 6.45) is 15.4. The Balaban J connectivity index is 1.74. The predicted octanol–water partition coefficient (Wildman–Crippen LogP) is 3.16. The number of rotatable bonds is 1. The molecule has 0 N–H and O–H groups in total. The lowest BCUT2D eigenvalue weighted by Crippen LogP contribution is -2.16. The van der Waals surface area contributed by atoms with Gasteiger partial charge in [0.2, 0.25) is 0 Å². The molecule has 1 saturated carbocycles. The van der Waals surface area contributed by atoms with E-state index in [2.05, 4.69) is 24.3 Å². The van der Waals surface area contributed by atoms with Crippen LogP contribution >= 0.6 is 0 Å². The van der Waals surface area contributed by atoms with E-state index in [1.165, 1.54) is 25.7 Å². The van der Waals surface area contributed by atoms with E-state index in [-0.39, 0.29) is 0 Å². The van der Waals surface area contributed by atoms with E-state index in [9.17, 15) is 0 Å². The van der Waals surface area contributed by atoms with Gasteiger partial charge in [-0.2, -0.15) is 0 Å². The van der Waals surface area contributed by atoms with Crippen LogP contribution in [0.25, 0.3) is 0 Å². The summed E-state index contributed by atoms with van der Waals surface area (Å²) in [6.45, 7) is 0. The third kappa shape index (κ3) is 0.903. The summed E-state index contributed by atoms with van der Waals surface area (Å²) in [7, 11) is 0. The lowest BCUT2D eigenvalue weighted by molar-refractivity contribution is 0.301. The van der Waals surface area contributed by atoms with E-state index in [0.717, 1.165) is 23.7 Å². The van der Waals surface area contributed by atoms with Gasteiger partial charge in [0, 0.05) is 0 Å². The summed E-state index contributed by atoms with van der Waals surface area (Å²) >= 11 is 0. The molecule has 0 radical (unpaired) electrons. The minimum Gasteiger partial charge on any atom is -0.0882 e. The molecule has 0 amide bonds. The molecule has 3 unspecified atom stereocenters. The van der Waals surface area contributed by atoms with Gasteiger partial charge in [0.05, 0.1) is 0 Å². The molecule has 12 heavy (non-hydrogen) atoms. The summed E-state index contributed by atoms with van der Waals surface area (Å²) in [4.78, 5) is 0. The van der Waals surface area contributed by atoms with Crippen molar-refractivity contribution in [3.8, 4) is 0 Å². The van der Waals surface area contributed by atoms with Crippen LogP contribution in [0.2, 0.25) is 0 Å². The molecule has 64 valence electrons. The van der Waals surface area contributed by atoms with Crippen molar-refractivity contribution in [1.82, 2.24) is 0 Å². The monoisotopic (exact) mass is 160 g/mol. The van der Waals surface area contributed by atoms with Crippen molar-refractivity contribution in [3.05, 3.63) is 24.3 Å². The normalized spacial score (nSPS) is 44.8. The number of hydrogen-bond donors (Lipinski definition) is 0. The molecule has 0 aromatic heterocycles. The van der Waals surface area contributed by atoms with Crippen LogP contribution in [0.3, 0.4) is 0 Å². The Bertz CT molecular complexity index is 228. The maximum absolute atomic E-state index is 2.48. The van der Waals surface area contributed by atoms with E-state index in [0.29, 0.717) is 0 Å². The van der Waals surface area contributed by atoms with E-state index in [4.69, 9.17) is 0 Å². The van der Waals surface area contributed by atoms with Gasteiger partial charge in [0.25, 0.3) is 0 Å². The van der Waals surface area contributed by atoms with Gasteiger partial charge >= 0.3 is 0 Å². The number of allylic oxidation sites excluding steroid dienone is 4. The Morgan fingerprint density at radius 2 is 1.75 bits per heavy atom. The van der Waals surface area contributed by atoms with Gasteiger partial charge in [-0.1, -0.05) is 24.3 Å². The minimum atomic E-state index is 0.958. The molecule has 0 nitrogen and oxygen atoms in total. The second-order valence-corrected chi connectivity index (χ2v) is 4.65. The van der Waals surface area contributed by atoms with Crippen LogP contribution in [0.1, 0.15) is 25.7 Å². The highest BCUT2D eigenvalue weighted by Gasteiger charge is 2.39. The maximum Gasteiger partial charge on any atom is -0.0196 e. The van der Waals surface area contributed by atoms with E-state index in [1.807, 2.05) is 0 Å². The van der Waals surface area contributed by atoms with Gasteiger partial charge in [-0.25, -0.2) is 0 Å². The van der Waals surface area contributed by atoms with Gasteiger partial charge in [0.1, 0.15) is 0 Å². The van der Waals surface area contributed by atoms with Crippen LogP contribution in [0.4, 0.5) is 0 Å². The van der Waals surface area contributed by atoms with E-state index in [1.54, 1.807) is 0 Å². The highest BCUT2D eigenvalue weighted by Crippen LogP contribution is 2.49. The first-order valence-corrected chi connectivity index (χ1v) is 5.27.